The fraction of sp³-hybridized carbons (Fsp3) is 0.481. The van der Waals surface area contributed by atoms with Crippen molar-refractivity contribution >= 4 is 11.8 Å². The van der Waals surface area contributed by atoms with Crippen LogP contribution in [0.5, 0.6) is 0 Å². The fourth-order valence-electron chi connectivity index (χ4n) is 4.76. The molecule has 7 nitrogen and oxygen atoms in total. The number of halogens is 2. The minimum Gasteiger partial charge on any atom is -0.382 e. The van der Waals surface area contributed by atoms with Crippen molar-refractivity contribution in [3.05, 3.63) is 71.3 Å². The van der Waals surface area contributed by atoms with Crippen molar-refractivity contribution in [3.8, 4) is 0 Å². The summed E-state index contributed by atoms with van der Waals surface area (Å²) in [6, 6.07) is 11.2. The zero-order valence-corrected chi connectivity index (χ0v) is 20.4. The van der Waals surface area contributed by atoms with Gasteiger partial charge in [-0.3, -0.25) is 9.59 Å². The SMILES string of the molecule is NC(CC(=O)NCC1(CNC(=O)C(O)C(N)Cc2ccccc2)CCCC1)Cc1cc(F)ccc1F. The fourth-order valence-corrected chi connectivity index (χ4v) is 4.76. The molecule has 196 valence electrons. The molecule has 0 heterocycles. The number of rotatable bonds is 12. The van der Waals surface area contributed by atoms with Crippen LogP contribution in [-0.2, 0) is 22.4 Å². The number of hydrogen-bond acceptors (Lipinski definition) is 5. The van der Waals surface area contributed by atoms with E-state index in [-0.39, 0.29) is 29.7 Å². The van der Waals surface area contributed by atoms with Gasteiger partial charge in [0.05, 0.1) is 0 Å². The summed E-state index contributed by atoms with van der Waals surface area (Å²) in [6.07, 6.45) is 2.61. The highest BCUT2D eigenvalue weighted by molar-refractivity contribution is 5.81. The van der Waals surface area contributed by atoms with Gasteiger partial charge in [-0.1, -0.05) is 43.2 Å². The van der Waals surface area contributed by atoms with Gasteiger partial charge >= 0.3 is 0 Å². The summed E-state index contributed by atoms with van der Waals surface area (Å²) in [4.78, 5) is 25.1. The number of nitrogens with two attached hydrogens (primary N) is 2. The number of carbonyl (C=O) groups is 2. The van der Waals surface area contributed by atoms with Gasteiger partial charge < -0.3 is 27.2 Å². The molecule has 3 rings (SSSR count). The summed E-state index contributed by atoms with van der Waals surface area (Å²) >= 11 is 0. The zero-order valence-electron chi connectivity index (χ0n) is 20.4. The topological polar surface area (TPSA) is 130 Å². The first-order chi connectivity index (χ1) is 17.2. The second-order valence-corrected chi connectivity index (χ2v) is 9.90. The van der Waals surface area contributed by atoms with Gasteiger partial charge in [-0.05, 0) is 55.0 Å². The van der Waals surface area contributed by atoms with Crippen LogP contribution in [0.15, 0.2) is 48.5 Å². The van der Waals surface area contributed by atoms with Crippen LogP contribution in [0.1, 0.15) is 43.2 Å². The van der Waals surface area contributed by atoms with Crippen LogP contribution in [0.4, 0.5) is 8.78 Å². The average molecular weight is 503 g/mol. The van der Waals surface area contributed by atoms with E-state index in [9.17, 15) is 23.5 Å². The van der Waals surface area contributed by atoms with E-state index in [4.69, 9.17) is 11.5 Å². The van der Waals surface area contributed by atoms with Gasteiger partial charge in [0.15, 0.2) is 0 Å². The van der Waals surface area contributed by atoms with Gasteiger partial charge in [-0.15, -0.1) is 0 Å². The number of hydrogen-bond donors (Lipinski definition) is 5. The Bertz CT molecular complexity index is 1020. The second kappa shape index (κ2) is 12.9. The molecular formula is C27H36F2N4O3. The van der Waals surface area contributed by atoms with Crippen molar-refractivity contribution in [2.45, 2.75) is 63.1 Å². The Balaban J connectivity index is 1.47. The first-order valence-corrected chi connectivity index (χ1v) is 12.4. The van der Waals surface area contributed by atoms with E-state index in [0.717, 1.165) is 49.4 Å². The van der Waals surface area contributed by atoms with E-state index in [1.54, 1.807) is 0 Å². The number of aliphatic hydroxyl groups is 1. The Hall–Kier alpha value is -2.88. The first kappa shape index (κ1) is 27.7. The summed E-state index contributed by atoms with van der Waals surface area (Å²) in [6.45, 7) is 0.654. The summed E-state index contributed by atoms with van der Waals surface area (Å²) in [5.74, 6) is -1.94. The lowest BCUT2D eigenvalue weighted by Crippen LogP contribution is -2.51. The molecule has 2 aromatic rings. The maximum absolute atomic E-state index is 13.9. The molecule has 1 aliphatic rings. The quantitative estimate of drug-likeness (QED) is 0.303. The number of amides is 2. The lowest BCUT2D eigenvalue weighted by atomic mass is 9.85. The molecule has 3 atom stereocenters. The van der Waals surface area contributed by atoms with E-state index in [1.165, 1.54) is 0 Å². The van der Waals surface area contributed by atoms with Crippen LogP contribution in [0.3, 0.4) is 0 Å². The molecule has 0 spiro atoms. The minimum atomic E-state index is -1.35. The molecule has 36 heavy (non-hydrogen) atoms. The highest BCUT2D eigenvalue weighted by Crippen LogP contribution is 2.37. The molecule has 7 N–H and O–H groups in total. The summed E-state index contributed by atoms with van der Waals surface area (Å²) < 4.78 is 27.2. The molecule has 1 fully saturated rings. The largest absolute Gasteiger partial charge is 0.382 e. The lowest BCUT2D eigenvalue weighted by molar-refractivity contribution is -0.130. The van der Waals surface area contributed by atoms with E-state index in [2.05, 4.69) is 10.6 Å². The Morgan fingerprint density at radius 2 is 1.64 bits per heavy atom. The van der Waals surface area contributed by atoms with E-state index in [1.807, 2.05) is 30.3 Å². The summed E-state index contributed by atoms with van der Waals surface area (Å²) in [5, 5.41) is 16.1. The van der Waals surface area contributed by atoms with Crippen molar-refractivity contribution in [3.63, 3.8) is 0 Å². The molecule has 2 amide bonds. The predicted molar refractivity (Wildman–Crippen MR) is 134 cm³/mol. The molecule has 0 aliphatic heterocycles. The third-order valence-corrected chi connectivity index (χ3v) is 6.89. The van der Waals surface area contributed by atoms with E-state index < -0.39 is 35.7 Å². The first-order valence-electron chi connectivity index (χ1n) is 12.4. The van der Waals surface area contributed by atoms with Gasteiger partial charge in [-0.2, -0.15) is 0 Å². The molecule has 0 saturated heterocycles. The lowest BCUT2D eigenvalue weighted by Gasteiger charge is -2.30. The van der Waals surface area contributed by atoms with Gasteiger partial charge in [-0.25, -0.2) is 8.78 Å². The maximum atomic E-state index is 13.9. The Morgan fingerprint density at radius 3 is 2.33 bits per heavy atom. The molecule has 1 aliphatic carbocycles. The monoisotopic (exact) mass is 502 g/mol. The standard InChI is InChI=1S/C27H36F2N4O3/c28-20-8-9-22(29)19(13-20)14-21(30)15-24(34)32-16-27(10-4-5-11-27)17-33-26(36)25(35)23(31)12-18-6-2-1-3-7-18/h1-3,6-9,13,21,23,25,35H,4-5,10-12,14-17,30-31H2,(H,32,34)(H,33,36). The van der Waals surface area contributed by atoms with Crippen LogP contribution in [0, 0.1) is 17.0 Å². The molecule has 0 bridgehead atoms. The van der Waals surface area contributed by atoms with Crippen LogP contribution in [0.25, 0.3) is 0 Å². The van der Waals surface area contributed by atoms with Crippen LogP contribution in [-0.4, -0.2) is 48.2 Å². The van der Waals surface area contributed by atoms with E-state index >= 15 is 0 Å². The summed E-state index contributed by atoms with van der Waals surface area (Å²) in [7, 11) is 0. The van der Waals surface area contributed by atoms with Crippen LogP contribution in [0.2, 0.25) is 0 Å². The highest BCUT2D eigenvalue weighted by Gasteiger charge is 2.35. The molecular weight excluding hydrogens is 466 g/mol. The number of carbonyl (C=O) groups excluding carboxylic acids is 2. The maximum Gasteiger partial charge on any atom is 0.250 e. The summed E-state index contributed by atoms with van der Waals surface area (Å²) in [5.41, 5.74) is 12.8. The van der Waals surface area contributed by atoms with E-state index in [0.29, 0.717) is 19.5 Å². The zero-order chi connectivity index (χ0) is 26.1. The molecule has 0 radical (unpaired) electrons. The van der Waals surface area contributed by atoms with Gasteiger partial charge in [0.2, 0.25) is 11.8 Å². The average Bonchev–Trinajstić information content (AvgIpc) is 3.33. The van der Waals surface area contributed by atoms with Crippen molar-refractivity contribution in [2.24, 2.45) is 16.9 Å². The second-order valence-electron chi connectivity index (χ2n) is 9.90. The Labute approximate surface area is 210 Å². The van der Waals surface area contributed by atoms with Crippen LogP contribution >= 0.6 is 0 Å². The van der Waals surface area contributed by atoms with Crippen LogP contribution < -0.4 is 22.1 Å². The third kappa shape index (κ3) is 8.08. The van der Waals surface area contributed by atoms with Crippen molar-refractivity contribution in [1.82, 2.24) is 10.6 Å². The molecule has 3 unspecified atom stereocenters. The molecule has 0 aromatic heterocycles. The van der Waals surface area contributed by atoms with Crippen molar-refractivity contribution in [1.29, 1.82) is 0 Å². The van der Waals surface area contributed by atoms with Gasteiger partial charge in [0.25, 0.3) is 0 Å². The number of nitrogens with one attached hydrogen (secondary N) is 2. The Morgan fingerprint density at radius 1 is 0.972 bits per heavy atom. The minimum absolute atomic E-state index is 0.0363. The predicted octanol–water partition coefficient (Wildman–Crippen LogP) is 1.95. The smallest absolute Gasteiger partial charge is 0.250 e. The third-order valence-electron chi connectivity index (χ3n) is 6.89. The molecule has 9 heteroatoms. The Kier molecular flexibility index (Phi) is 9.92. The van der Waals surface area contributed by atoms with Crippen molar-refractivity contribution < 1.29 is 23.5 Å². The normalized spacial score (nSPS) is 17.2. The molecule has 1 saturated carbocycles. The van der Waals surface area contributed by atoms with Crippen molar-refractivity contribution in [2.75, 3.05) is 13.1 Å². The highest BCUT2D eigenvalue weighted by atomic mass is 19.1. The molecule has 2 aromatic carbocycles. The van der Waals surface area contributed by atoms with Gasteiger partial charge in [0.1, 0.15) is 17.7 Å². The number of aliphatic hydroxyl groups excluding tert-OH is 1. The van der Waals surface area contributed by atoms with Gasteiger partial charge in [0, 0.05) is 37.0 Å². The number of benzene rings is 2.